The fourth-order valence-electron chi connectivity index (χ4n) is 2.96. The molecule has 4 nitrogen and oxygen atoms in total. The van der Waals surface area contributed by atoms with E-state index in [1.54, 1.807) is 6.20 Å². The molecule has 0 fully saturated rings. The van der Waals surface area contributed by atoms with Gasteiger partial charge >= 0.3 is 0 Å². The van der Waals surface area contributed by atoms with Gasteiger partial charge in [-0.2, -0.15) is 0 Å². The van der Waals surface area contributed by atoms with Gasteiger partial charge in [0.25, 0.3) is 0 Å². The lowest BCUT2D eigenvalue weighted by molar-refractivity contribution is 0.131. The minimum atomic E-state index is -0.831. The summed E-state index contributed by atoms with van der Waals surface area (Å²) in [6.45, 7) is 6.02. The van der Waals surface area contributed by atoms with Crippen LogP contribution in [0.5, 0.6) is 5.75 Å². The van der Waals surface area contributed by atoms with E-state index in [0.717, 1.165) is 28.9 Å². The summed E-state index contributed by atoms with van der Waals surface area (Å²) in [6, 6.07) is 7.73. The predicted molar refractivity (Wildman–Crippen MR) is 82.3 cm³/mol. The van der Waals surface area contributed by atoms with Crippen LogP contribution in [-0.2, 0) is 6.42 Å². The molecule has 21 heavy (non-hydrogen) atoms. The van der Waals surface area contributed by atoms with E-state index in [4.69, 9.17) is 10.5 Å². The molecular weight excluding hydrogens is 264 g/mol. The van der Waals surface area contributed by atoms with Crippen molar-refractivity contribution >= 4 is 5.82 Å². The molecule has 2 heterocycles. The second-order valence-electron chi connectivity index (χ2n) is 6.20. The number of aromatic nitrogens is 1. The van der Waals surface area contributed by atoms with Gasteiger partial charge in [0, 0.05) is 23.7 Å². The first-order chi connectivity index (χ1) is 9.89. The Labute approximate surface area is 124 Å². The molecule has 0 spiro atoms. The number of ether oxygens (including phenoxy) is 1. The van der Waals surface area contributed by atoms with Gasteiger partial charge in [-0.15, -0.1) is 0 Å². The summed E-state index contributed by atoms with van der Waals surface area (Å²) in [5.41, 5.74) is 9.15. The minimum Gasteiger partial charge on any atom is -0.487 e. The van der Waals surface area contributed by atoms with Gasteiger partial charge in [0.2, 0.25) is 0 Å². The number of para-hydroxylation sites is 1. The number of hydrogen-bond donors (Lipinski definition) is 2. The zero-order valence-corrected chi connectivity index (χ0v) is 12.6. The van der Waals surface area contributed by atoms with Gasteiger partial charge in [-0.05, 0) is 38.0 Å². The van der Waals surface area contributed by atoms with Crippen molar-refractivity contribution in [3.05, 3.63) is 52.7 Å². The molecule has 0 radical (unpaired) electrons. The van der Waals surface area contributed by atoms with Crippen LogP contribution in [0.3, 0.4) is 0 Å². The van der Waals surface area contributed by atoms with Crippen LogP contribution in [0.2, 0.25) is 0 Å². The highest BCUT2D eigenvalue weighted by molar-refractivity contribution is 5.54. The van der Waals surface area contributed by atoms with Crippen molar-refractivity contribution in [2.24, 2.45) is 0 Å². The number of aryl methyl sites for hydroxylation is 1. The number of anilines is 1. The summed E-state index contributed by atoms with van der Waals surface area (Å²) < 4.78 is 6.03. The highest BCUT2D eigenvalue weighted by Crippen LogP contribution is 2.42. The fraction of sp³-hybridized carbons (Fsp3) is 0.353. The second kappa shape index (κ2) is 4.74. The van der Waals surface area contributed by atoms with Gasteiger partial charge in [-0.25, -0.2) is 4.98 Å². The SMILES string of the molecule is Cc1ccnc(N)c1C(O)c1cccc2c1OC(C)(C)C2. The summed E-state index contributed by atoms with van der Waals surface area (Å²) in [7, 11) is 0. The zero-order valence-electron chi connectivity index (χ0n) is 12.6. The first kappa shape index (κ1) is 13.9. The molecule has 3 N–H and O–H groups in total. The molecular formula is C17H20N2O2. The first-order valence-electron chi connectivity index (χ1n) is 7.09. The van der Waals surface area contributed by atoms with Gasteiger partial charge in [0.15, 0.2) is 0 Å². The molecule has 4 heteroatoms. The Kier molecular flexibility index (Phi) is 3.14. The van der Waals surface area contributed by atoms with E-state index in [1.165, 1.54) is 0 Å². The molecule has 110 valence electrons. The molecule has 1 unspecified atom stereocenters. The maximum atomic E-state index is 10.8. The third kappa shape index (κ3) is 2.36. The van der Waals surface area contributed by atoms with Crippen molar-refractivity contribution < 1.29 is 9.84 Å². The van der Waals surface area contributed by atoms with E-state index >= 15 is 0 Å². The quantitative estimate of drug-likeness (QED) is 0.889. The lowest BCUT2D eigenvalue weighted by atomic mass is 9.95. The van der Waals surface area contributed by atoms with E-state index in [2.05, 4.69) is 4.98 Å². The number of pyridine rings is 1. The molecule has 1 aliphatic heterocycles. The second-order valence-corrected chi connectivity index (χ2v) is 6.20. The first-order valence-corrected chi connectivity index (χ1v) is 7.09. The molecule has 2 aromatic rings. The molecule has 1 aliphatic rings. The highest BCUT2D eigenvalue weighted by Gasteiger charge is 2.33. The molecule has 0 saturated heterocycles. The number of nitrogens with zero attached hydrogens (tertiary/aromatic N) is 1. The third-order valence-electron chi connectivity index (χ3n) is 3.93. The van der Waals surface area contributed by atoms with Crippen LogP contribution in [0.1, 0.15) is 42.2 Å². The number of rotatable bonds is 2. The summed E-state index contributed by atoms with van der Waals surface area (Å²) in [5, 5.41) is 10.8. The van der Waals surface area contributed by atoms with Gasteiger partial charge in [-0.1, -0.05) is 18.2 Å². The number of aliphatic hydroxyl groups excluding tert-OH is 1. The fourth-order valence-corrected chi connectivity index (χ4v) is 2.96. The van der Waals surface area contributed by atoms with E-state index < -0.39 is 6.10 Å². The lowest BCUT2D eigenvalue weighted by Gasteiger charge is -2.21. The number of aliphatic hydroxyl groups is 1. The molecule has 1 aromatic carbocycles. The number of benzene rings is 1. The average molecular weight is 284 g/mol. The van der Waals surface area contributed by atoms with Gasteiger partial charge in [0.1, 0.15) is 23.3 Å². The van der Waals surface area contributed by atoms with Crippen molar-refractivity contribution in [1.82, 2.24) is 4.98 Å². The van der Waals surface area contributed by atoms with Crippen LogP contribution < -0.4 is 10.5 Å². The summed E-state index contributed by atoms with van der Waals surface area (Å²) in [4.78, 5) is 4.09. The smallest absolute Gasteiger partial charge is 0.129 e. The molecule has 0 bridgehead atoms. The van der Waals surface area contributed by atoms with E-state index in [-0.39, 0.29) is 5.60 Å². The molecule has 3 rings (SSSR count). The van der Waals surface area contributed by atoms with Crippen molar-refractivity contribution in [2.45, 2.75) is 38.9 Å². The Balaban J connectivity index is 2.09. The lowest BCUT2D eigenvalue weighted by Crippen LogP contribution is -2.25. The maximum Gasteiger partial charge on any atom is 0.129 e. The van der Waals surface area contributed by atoms with Crippen LogP contribution in [0, 0.1) is 6.92 Å². The largest absolute Gasteiger partial charge is 0.487 e. The number of nitrogens with two attached hydrogens (primary N) is 1. The predicted octanol–water partition coefficient (Wildman–Crippen LogP) is 2.77. The number of fused-ring (bicyclic) bond motifs is 1. The summed E-state index contributed by atoms with van der Waals surface area (Å²) >= 11 is 0. The van der Waals surface area contributed by atoms with Crippen molar-refractivity contribution in [2.75, 3.05) is 5.73 Å². The molecule has 0 saturated carbocycles. The molecule has 1 aromatic heterocycles. The Morgan fingerprint density at radius 3 is 2.81 bits per heavy atom. The highest BCUT2D eigenvalue weighted by atomic mass is 16.5. The minimum absolute atomic E-state index is 0.242. The average Bonchev–Trinajstić information content (AvgIpc) is 2.71. The van der Waals surface area contributed by atoms with Crippen molar-refractivity contribution in [3.8, 4) is 5.75 Å². The van der Waals surface area contributed by atoms with Gasteiger partial charge in [0.05, 0.1) is 0 Å². The Hall–Kier alpha value is -2.07. The van der Waals surface area contributed by atoms with Crippen LogP contribution in [0.25, 0.3) is 0 Å². The number of hydrogen-bond acceptors (Lipinski definition) is 4. The van der Waals surface area contributed by atoms with Crippen LogP contribution in [0.15, 0.2) is 30.5 Å². The van der Waals surface area contributed by atoms with Gasteiger partial charge in [-0.3, -0.25) is 0 Å². The monoisotopic (exact) mass is 284 g/mol. The van der Waals surface area contributed by atoms with Crippen LogP contribution >= 0.6 is 0 Å². The molecule has 0 aliphatic carbocycles. The van der Waals surface area contributed by atoms with Crippen molar-refractivity contribution in [1.29, 1.82) is 0 Å². The summed E-state index contributed by atoms with van der Waals surface area (Å²) in [6.07, 6.45) is 1.66. The maximum absolute atomic E-state index is 10.8. The Bertz CT molecular complexity index is 675. The zero-order chi connectivity index (χ0) is 15.2. The number of nitrogen functional groups attached to an aromatic ring is 1. The summed E-state index contributed by atoms with van der Waals surface area (Å²) in [5.74, 6) is 1.13. The van der Waals surface area contributed by atoms with Crippen molar-refractivity contribution in [3.63, 3.8) is 0 Å². The van der Waals surface area contributed by atoms with E-state index in [1.807, 2.05) is 45.0 Å². The van der Waals surface area contributed by atoms with E-state index in [0.29, 0.717) is 11.4 Å². The van der Waals surface area contributed by atoms with Crippen LogP contribution in [-0.4, -0.2) is 15.7 Å². The third-order valence-corrected chi connectivity index (χ3v) is 3.93. The normalized spacial score (nSPS) is 17.1. The van der Waals surface area contributed by atoms with Gasteiger partial charge < -0.3 is 15.6 Å². The molecule has 0 amide bonds. The Morgan fingerprint density at radius 1 is 1.33 bits per heavy atom. The molecule has 1 atom stereocenters. The standard InChI is InChI=1S/C17H20N2O2/c1-10-7-8-19-16(18)13(10)14(20)12-6-4-5-11-9-17(2,3)21-15(11)12/h4-8,14,20H,9H2,1-3H3,(H2,18,19). The topological polar surface area (TPSA) is 68.4 Å². The van der Waals surface area contributed by atoms with E-state index in [9.17, 15) is 5.11 Å². The Morgan fingerprint density at radius 2 is 2.10 bits per heavy atom. The van der Waals surface area contributed by atoms with Crippen LogP contribution in [0.4, 0.5) is 5.82 Å².